The second-order valence-electron chi connectivity index (χ2n) is 9.06. The number of rotatable bonds is 10. The number of carboxylic acid groups (broad SMARTS) is 2. The van der Waals surface area contributed by atoms with Crippen molar-refractivity contribution in [2.24, 2.45) is 17.2 Å². The van der Waals surface area contributed by atoms with E-state index in [-0.39, 0.29) is 6.42 Å². The summed E-state index contributed by atoms with van der Waals surface area (Å²) in [7, 11) is 0. The number of aldehydes is 1. The molecule has 8 nitrogen and oxygen atoms in total. The molecule has 1 unspecified atom stereocenters. The van der Waals surface area contributed by atoms with E-state index in [2.05, 4.69) is 24.3 Å². The van der Waals surface area contributed by atoms with Crippen molar-refractivity contribution < 1.29 is 24.6 Å². The van der Waals surface area contributed by atoms with Gasteiger partial charge in [0, 0.05) is 5.56 Å². The molecule has 0 amide bonds. The van der Waals surface area contributed by atoms with Crippen molar-refractivity contribution in [1.82, 2.24) is 0 Å². The van der Waals surface area contributed by atoms with Crippen LogP contribution in [0.2, 0.25) is 0 Å². The third-order valence-electron chi connectivity index (χ3n) is 5.66. The normalized spacial score (nSPS) is 10.3. The van der Waals surface area contributed by atoms with Gasteiger partial charge < -0.3 is 27.4 Å². The van der Waals surface area contributed by atoms with E-state index >= 15 is 0 Å². The van der Waals surface area contributed by atoms with Crippen LogP contribution in [-0.2, 0) is 22.4 Å². The lowest BCUT2D eigenvalue weighted by Gasteiger charge is -2.02. The van der Waals surface area contributed by atoms with Gasteiger partial charge in [-0.25, -0.2) is 0 Å². The molecule has 0 spiro atoms. The highest BCUT2D eigenvalue weighted by molar-refractivity contribution is 5.77. The van der Waals surface area contributed by atoms with Crippen LogP contribution in [-0.4, -0.2) is 47.6 Å². The lowest BCUT2D eigenvalue weighted by atomic mass is 10.0. The zero-order chi connectivity index (χ0) is 31.0. The Morgan fingerprint density at radius 3 is 1.57 bits per heavy atom. The Hall–Kier alpha value is -4.63. The SMILES string of the molecule is NCCCC(N)C(=O)O.NCCc1ccccc1.O=C(O)Cc1ccccc1.O=Cc1ccc(-c2ccccc2)cc1. The first-order valence-corrected chi connectivity index (χ1v) is 13.6. The van der Waals surface area contributed by atoms with E-state index in [0.29, 0.717) is 24.9 Å². The molecule has 222 valence electrons. The lowest BCUT2D eigenvalue weighted by molar-refractivity contribution is -0.139. The number of carboxylic acids is 2. The maximum Gasteiger partial charge on any atom is 0.320 e. The number of aliphatic carboxylic acids is 2. The highest BCUT2D eigenvalue weighted by Gasteiger charge is 2.08. The highest BCUT2D eigenvalue weighted by Crippen LogP contribution is 2.18. The summed E-state index contributed by atoms with van der Waals surface area (Å²) < 4.78 is 0. The molecule has 4 aromatic rings. The van der Waals surface area contributed by atoms with Gasteiger partial charge in [0.05, 0.1) is 6.42 Å². The Bertz CT molecular complexity index is 1270. The predicted octanol–water partition coefficient (Wildman–Crippen LogP) is 4.80. The molecule has 0 heterocycles. The maximum atomic E-state index is 10.5. The number of benzene rings is 4. The standard InChI is InChI=1S/C13H10O.C8H11N.C8H8O2.C5H12N2O2/c14-10-11-6-8-13(9-7-11)12-4-2-1-3-5-12;9-7-6-8-4-2-1-3-5-8;9-8(10)6-7-4-2-1-3-5-7;6-3-1-2-4(7)5(8)9/h1-10H;1-5H,6-7,9H2;1-5H,6H2,(H,9,10);4H,1-3,6-7H2,(H,8,9). The summed E-state index contributed by atoms with van der Waals surface area (Å²) >= 11 is 0. The molecule has 1 atom stereocenters. The Morgan fingerprint density at radius 1 is 0.667 bits per heavy atom. The van der Waals surface area contributed by atoms with Crippen LogP contribution in [0, 0.1) is 0 Å². The third-order valence-corrected chi connectivity index (χ3v) is 5.66. The first-order valence-electron chi connectivity index (χ1n) is 13.6. The van der Waals surface area contributed by atoms with E-state index < -0.39 is 18.0 Å². The van der Waals surface area contributed by atoms with Gasteiger partial charge in [0.15, 0.2) is 0 Å². The van der Waals surface area contributed by atoms with Crippen LogP contribution in [0.5, 0.6) is 0 Å². The fourth-order valence-corrected chi connectivity index (χ4v) is 3.43. The lowest BCUT2D eigenvalue weighted by Crippen LogP contribution is -2.30. The van der Waals surface area contributed by atoms with Crippen LogP contribution in [0.15, 0.2) is 115 Å². The predicted molar refractivity (Wildman–Crippen MR) is 168 cm³/mol. The average Bonchev–Trinajstić information content (AvgIpc) is 3.02. The number of nitrogens with two attached hydrogens (primary N) is 3. The molecule has 0 aliphatic rings. The number of hydrogen-bond donors (Lipinski definition) is 5. The second kappa shape index (κ2) is 22.1. The number of hydrogen-bond acceptors (Lipinski definition) is 6. The van der Waals surface area contributed by atoms with Gasteiger partial charge in [0.2, 0.25) is 0 Å². The van der Waals surface area contributed by atoms with Crippen molar-refractivity contribution in [1.29, 1.82) is 0 Å². The molecule has 0 saturated carbocycles. The van der Waals surface area contributed by atoms with Gasteiger partial charge >= 0.3 is 11.9 Å². The first-order chi connectivity index (χ1) is 20.3. The molecule has 0 aliphatic heterocycles. The monoisotopic (exact) mass is 571 g/mol. The fourth-order valence-electron chi connectivity index (χ4n) is 3.43. The summed E-state index contributed by atoms with van der Waals surface area (Å²) in [6.45, 7) is 1.24. The zero-order valence-corrected chi connectivity index (χ0v) is 23.7. The molecule has 42 heavy (non-hydrogen) atoms. The summed E-state index contributed by atoms with van der Waals surface area (Å²) in [4.78, 5) is 30.7. The molecular weight excluding hydrogens is 530 g/mol. The molecule has 0 radical (unpaired) electrons. The Kier molecular flexibility index (Phi) is 18.6. The minimum absolute atomic E-state index is 0.112. The summed E-state index contributed by atoms with van der Waals surface area (Å²) in [6.07, 6.45) is 3.09. The number of carbonyl (C=O) groups is 3. The summed E-state index contributed by atoms with van der Waals surface area (Å²) in [5.74, 6) is -1.74. The van der Waals surface area contributed by atoms with Crippen molar-refractivity contribution in [3.05, 3.63) is 132 Å². The van der Waals surface area contributed by atoms with Crippen molar-refractivity contribution in [2.75, 3.05) is 13.1 Å². The van der Waals surface area contributed by atoms with E-state index in [1.54, 1.807) is 12.1 Å². The molecule has 0 saturated heterocycles. The van der Waals surface area contributed by atoms with Crippen molar-refractivity contribution in [3.8, 4) is 11.1 Å². The molecule has 0 fully saturated rings. The van der Waals surface area contributed by atoms with E-state index in [0.717, 1.165) is 30.4 Å². The van der Waals surface area contributed by atoms with Crippen molar-refractivity contribution >= 4 is 18.2 Å². The quantitative estimate of drug-likeness (QED) is 0.169. The molecule has 0 aliphatic carbocycles. The first kappa shape index (κ1) is 35.4. The molecule has 4 rings (SSSR count). The Balaban J connectivity index is 0.000000286. The maximum absolute atomic E-state index is 10.5. The topological polar surface area (TPSA) is 170 Å². The van der Waals surface area contributed by atoms with Gasteiger partial charge in [-0.1, -0.05) is 115 Å². The minimum atomic E-state index is -0.955. The second-order valence-corrected chi connectivity index (χ2v) is 9.06. The molecule has 8 N–H and O–H groups in total. The van der Waals surface area contributed by atoms with Gasteiger partial charge in [-0.3, -0.25) is 14.4 Å². The molecule has 4 aromatic carbocycles. The van der Waals surface area contributed by atoms with Gasteiger partial charge in [-0.15, -0.1) is 0 Å². The van der Waals surface area contributed by atoms with Crippen LogP contribution in [0.1, 0.15) is 34.3 Å². The molecule has 0 bridgehead atoms. The van der Waals surface area contributed by atoms with E-state index in [1.807, 2.05) is 78.9 Å². The van der Waals surface area contributed by atoms with Gasteiger partial charge in [-0.05, 0) is 54.6 Å². The molecular formula is C34H41N3O5. The van der Waals surface area contributed by atoms with Crippen LogP contribution in [0.25, 0.3) is 11.1 Å². The molecule has 0 aromatic heterocycles. The van der Waals surface area contributed by atoms with Gasteiger partial charge in [0.1, 0.15) is 12.3 Å². The van der Waals surface area contributed by atoms with Gasteiger partial charge in [-0.2, -0.15) is 0 Å². The van der Waals surface area contributed by atoms with Crippen LogP contribution < -0.4 is 17.2 Å². The Labute approximate surface area is 247 Å². The average molecular weight is 572 g/mol. The Morgan fingerprint density at radius 2 is 1.14 bits per heavy atom. The van der Waals surface area contributed by atoms with E-state index in [1.165, 1.54) is 11.1 Å². The van der Waals surface area contributed by atoms with Crippen molar-refractivity contribution in [3.63, 3.8) is 0 Å². The zero-order valence-electron chi connectivity index (χ0n) is 23.7. The van der Waals surface area contributed by atoms with Gasteiger partial charge in [0.25, 0.3) is 0 Å². The highest BCUT2D eigenvalue weighted by atomic mass is 16.4. The fraction of sp³-hybridized carbons (Fsp3) is 0.206. The van der Waals surface area contributed by atoms with Crippen LogP contribution >= 0.6 is 0 Å². The van der Waals surface area contributed by atoms with Crippen LogP contribution in [0.3, 0.4) is 0 Å². The summed E-state index contributed by atoms with van der Waals surface area (Å²) in [5.41, 5.74) is 20.8. The van der Waals surface area contributed by atoms with E-state index in [4.69, 9.17) is 27.4 Å². The minimum Gasteiger partial charge on any atom is -0.481 e. The summed E-state index contributed by atoms with van der Waals surface area (Å²) in [5, 5.41) is 16.6. The smallest absolute Gasteiger partial charge is 0.320 e. The number of carbonyl (C=O) groups excluding carboxylic acids is 1. The summed E-state index contributed by atoms with van der Waals surface area (Å²) in [6, 6.07) is 36.3. The van der Waals surface area contributed by atoms with Crippen LogP contribution in [0.4, 0.5) is 0 Å². The van der Waals surface area contributed by atoms with E-state index in [9.17, 15) is 14.4 Å². The largest absolute Gasteiger partial charge is 0.481 e. The molecule has 8 heteroatoms. The van der Waals surface area contributed by atoms with Crippen molar-refractivity contribution in [2.45, 2.75) is 31.7 Å². The third kappa shape index (κ3) is 16.5.